The van der Waals surface area contributed by atoms with E-state index >= 15 is 0 Å². The van der Waals surface area contributed by atoms with E-state index in [1.807, 2.05) is 18.2 Å². The minimum atomic E-state index is -3.61. The molecule has 0 bridgehead atoms. The number of aromatic nitrogens is 2. The summed E-state index contributed by atoms with van der Waals surface area (Å²) in [6, 6.07) is 14.9. The third kappa shape index (κ3) is 6.20. The maximum Gasteiger partial charge on any atom is 0.244 e. The van der Waals surface area contributed by atoms with Gasteiger partial charge in [-0.2, -0.15) is 4.31 Å². The number of nitrogens with zero attached hydrogens (tertiary/aromatic N) is 4. The zero-order chi connectivity index (χ0) is 23.3. The van der Waals surface area contributed by atoms with E-state index in [4.69, 9.17) is 4.52 Å². The normalized spacial score (nSPS) is 15.4. The van der Waals surface area contributed by atoms with Crippen molar-refractivity contribution >= 4 is 33.5 Å². The first kappa shape index (κ1) is 23.4. The number of rotatable bonds is 8. The molecule has 0 spiro atoms. The Morgan fingerprint density at radius 2 is 1.88 bits per heavy atom. The monoisotopic (exact) mass is 487 g/mol. The fourth-order valence-electron chi connectivity index (χ4n) is 3.47. The molecule has 9 nitrogen and oxygen atoms in total. The van der Waals surface area contributed by atoms with Crippen molar-refractivity contribution in [3.63, 3.8) is 0 Å². The van der Waals surface area contributed by atoms with Crippen LogP contribution in [0, 0.1) is 6.92 Å². The van der Waals surface area contributed by atoms with E-state index in [-0.39, 0.29) is 16.6 Å². The number of nitrogens with one attached hydrogen (secondary N) is 1. The molecule has 0 atom stereocenters. The van der Waals surface area contributed by atoms with Crippen LogP contribution in [0.1, 0.15) is 11.3 Å². The lowest BCUT2D eigenvalue weighted by Gasteiger charge is -2.33. The van der Waals surface area contributed by atoms with Crippen LogP contribution >= 0.6 is 11.8 Å². The van der Waals surface area contributed by atoms with E-state index in [1.165, 1.54) is 27.8 Å². The Morgan fingerprint density at radius 1 is 1.12 bits per heavy atom. The number of aryl methyl sites for hydroxylation is 1. The van der Waals surface area contributed by atoms with Crippen molar-refractivity contribution in [2.45, 2.75) is 23.4 Å². The fourth-order valence-corrected chi connectivity index (χ4v) is 5.48. The maximum absolute atomic E-state index is 13.0. The smallest absolute Gasteiger partial charge is 0.244 e. The molecule has 0 radical (unpaired) electrons. The van der Waals surface area contributed by atoms with Crippen LogP contribution in [0.5, 0.6) is 0 Å². The van der Waals surface area contributed by atoms with Gasteiger partial charge in [-0.15, -0.1) is 0 Å². The van der Waals surface area contributed by atoms with Crippen molar-refractivity contribution in [1.82, 2.24) is 19.3 Å². The van der Waals surface area contributed by atoms with Gasteiger partial charge in [-0.05, 0) is 24.6 Å². The van der Waals surface area contributed by atoms with E-state index in [0.717, 1.165) is 6.54 Å². The number of hydrogen-bond donors (Lipinski definition) is 1. The van der Waals surface area contributed by atoms with Crippen LogP contribution in [0.2, 0.25) is 0 Å². The van der Waals surface area contributed by atoms with Crippen LogP contribution in [-0.4, -0.2) is 65.6 Å². The number of anilines is 1. The van der Waals surface area contributed by atoms with Crippen LogP contribution in [-0.2, 0) is 21.4 Å². The van der Waals surface area contributed by atoms with Crippen molar-refractivity contribution in [2.75, 3.05) is 37.2 Å². The minimum Gasteiger partial charge on any atom is -0.360 e. The van der Waals surface area contributed by atoms with E-state index in [9.17, 15) is 13.2 Å². The number of carbonyl (C=O) groups is 1. The molecule has 0 aliphatic carbocycles. The van der Waals surface area contributed by atoms with E-state index < -0.39 is 10.0 Å². The Bertz CT molecular complexity index is 1180. The highest BCUT2D eigenvalue weighted by Crippen LogP contribution is 2.21. The molecule has 3 aromatic rings. The lowest BCUT2D eigenvalue weighted by Crippen LogP contribution is -2.48. The molecule has 3 heterocycles. The van der Waals surface area contributed by atoms with Crippen molar-refractivity contribution < 1.29 is 17.7 Å². The summed E-state index contributed by atoms with van der Waals surface area (Å²) < 4.78 is 32.4. The molecule has 1 amide bonds. The lowest BCUT2D eigenvalue weighted by molar-refractivity contribution is -0.113. The molecular formula is C22H25N5O4S2. The van der Waals surface area contributed by atoms with Gasteiger partial charge in [0, 0.05) is 45.0 Å². The molecule has 4 rings (SSSR count). The third-order valence-corrected chi connectivity index (χ3v) is 8.00. The average molecular weight is 488 g/mol. The van der Waals surface area contributed by atoms with Gasteiger partial charge in [-0.3, -0.25) is 9.69 Å². The van der Waals surface area contributed by atoms with Crippen LogP contribution in [0.25, 0.3) is 0 Å². The third-order valence-electron chi connectivity index (χ3n) is 5.17. The van der Waals surface area contributed by atoms with Gasteiger partial charge in [0.1, 0.15) is 10.7 Å². The summed E-state index contributed by atoms with van der Waals surface area (Å²) in [5, 5.41) is 6.91. The number of thioether (sulfide) groups is 1. The fraction of sp³-hybridized carbons (Fsp3) is 0.318. The van der Waals surface area contributed by atoms with Gasteiger partial charge in [0.05, 0.1) is 10.8 Å². The standard InChI is InChI=1S/C22H25N5O4S2/c1-17-13-20(25-31-17)24-21(28)16-32-22-8-7-19(14-23-22)33(29,30)27-11-9-26(10-12-27)15-18-5-3-2-4-6-18/h2-8,13-14H,9-12,15-16H2,1H3,(H,24,25,28). The second-order valence-corrected chi connectivity index (χ2v) is 10.6. The summed E-state index contributed by atoms with van der Waals surface area (Å²) in [6.07, 6.45) is 1.35. The molecule has 1 N–H and O–H groups in total. The largest absolute Gasteiger partial charge is 0.360 e. The number of carbonyl (C=O) groups excluding carboxylic acids is 1. The molecular weight excluding hydrogens is 462 g/mol. The molecule has 1 aliphatic heterocycles. The predicted molar refractivity (Wildman–Crippen MR) is 125 cm³/mol. The summed E-state index contributed by atoms with van der Waals surface area (Å²) in [7, 11) is -3.61. The second-order valence-electron chi connectivity index (χ2n) is 7.66. The maximum atomic E-state index is 13.0. The molecule has 1 aromatic carbocycles. The Balaban J connectivity index is 1.28. The van der Waals surface area contributed by atoms with Crippen LogP contribution in [0.3, 0.4) is 0 Å². The Morgan fingerprint density at radius 3 is 2.52 bits per heavy atom. The summed E-state index contributed by atoms with van der Waals surface area (Å²) in [4.78, 5) is 18.7. The van der Waals surface area contributed by atoms with Crippen molar-refractivity contribution in [3.05, 3.63) is 66.1 Å². The highest BCUT2D eigenvalue weighted by atomic mass is 32.2. The van der Waals surface area contributed by atoms with Crippen molar-refractivity contribution in [2.24, 2.45) is 0 Å². The highest BCUT2D eigenvalue weighted by Gasteiger charge is 2.28. The van der Waals surface area contributed by atoms with Crippen LogP contribution in [0.4, 0.5) is 5.82 Å². The number of piperazine rings is 1. The first-order chi connectivity index (χ1) is 15.9. The molecule has 1 aliphatic rings. The van der Waals surface area contributed by atoms with Gasteiger partial charge in [-0.1, -0.05) is 47.3 Å². The zero-order valence-corrected chi connectivity index (χ0v) is 19.8. The van der Waals surface area contributed by atoms with E-state index in [1.54, 1.807) is 25.1 Å². The quantitative estimate of drug-likeness (QED) is 0.483. The molecule has 1 fully saturated rings. The molecule has 2 aromatic heterocycles. The predicted octanol–water partition coefficient (Wildman–Crippen LogP) is 2.62. The Kier molecular flexibility index (Phi) is 7.43. The Hall–Kier alpha value is -2.73. The number of pyridine rings is 1. The van der Waals surface area contributed by atoms with Crippen LogP contribution in [0.15, 0.2) is 69.2 Å². The van der Waals surface area contributed by atoms with Gasteiger partial charge >= 0.3 is 0 Å². The topological polar surface area (TPSA) is 109 Å². The second kappa shape index (κ2) is 10.5. The minimum absolute atomic E-state index is 0.119. The van der Waals surface area contributed by atoms with Crippen molar-refractivity contribution in [1.29, 1.82) is 0 Å². The highest BCUT2D eigenvalue weighted by molar-refractivity contribution is 7.99. The van der Waals surface area contributed by atoms with E-state index in [0.29, 0.717) is 42.8 Å². The average Bonchev–Trinajstić information content (AvgIpc) is 3.23. The number of benzene rings is 1. The molecule has 0 unspecified atom stereocenters. The van der Waals surface area contributed by atoms with Gasteiger partial charge in [-0.25, -0.2) is 13.4 Å². The summed E-state index contributed by atoms with van der Waals surface area (Å²) in [5.74, 6) is 0.833. The molecule has 0 saturated carbocycles. The SMILES string of the molecule is Cc1cc(NC(=O)CSc2ccc(S(=O)(=O)N3CCN(Cc4ccccc4)CC3)cn2)no1. The number of amides is 1. The summed E-state index contributed by atoms with van der Waals surface area (Å²) in [5.41, 5.74) is 1.22. The van der Waals surface area contributed by atoms with Gasteiger partial charge in [0.15, 0.2) is 5.82 Å². The van der Waals surface area contributed by atoms with Gasteiger partial charge in [0.2, 0.25) is 15.9 Å². The summed E-state index contributed by atoms with van der Waals surface area (Å²) >= 11 is 1.21. The lowest BCUT2D eigenvalue weighted by atomic mass is 10.2. The van der Waals surface area contributed by atoms with Crippen molar-refractivity contribution in [3.8, 4) is 0 Å². The molecule has 1 saturated heterocycles. The van der Waals surface area contributed by atoms with Crippen LogP contribution < -0.4 is 5.32 Å². The first-order valence-electron chi connectivity index (χ1n) is 10.5. The first-order valence-corrected chi connectivity index (χ1v) is 12.9. The number of hydrogen-bond acceptors (Lipinski definition) is 8. The van der Waals surface area contributed by atoms with E-state index in [2.05, 4.69) is 32.5 Å². The molecule has 11 heteroatoms. The zero-order valence-electron chi connectivity index (χ0n) is 18.2. The Labute approximate surface area is 197 Å². The molecule has 174 valence electrons. The van der Waals surface area contributed by atoms with Gasteiger partial charge in [0.25, 0.3) is 0 Å². The number of sulfonamides is 1. The summed E-state index contributed by atoms with van der Waals surface area (Å²) in [6.45, 7) is 4.78. The molecule has 33 heavy (non-hydrogen) atoms. The van der Waals surface area contributed by atoms with Gasteiger partial charge < -0.3 is 9.84 Å².